The number of alkyl halides is 3. The van der Waals surface area contributed by atoms with Crippen molar-refractivity contribution in [3.63, 3.8) is 0 Å². The van der Waals surface area contributed by atoms with Gasteiger partial charge in [-0.1, -0.05) is 11.6 Å². The van der Waals surface area contributed by atoms with Crippen LogP contribution < -0.4 is 10.0 Å². The number of benzene rings is 2. The van der Waals surface area contributed by atoms with Crippen LogP contribution in [0, 0.1) is 0 Å². The first kappa shape index (κ1) is 24.8. The Hall–Kier alpha value is -2.34. The second kappa shape index (κ2) is 9.37. The fourth-order valence-electron chi connectivity index (χ4n) is 4.35. The Bertz CT molecular complexity index is 1180. The maximum Gasteiger partial charge on any atom is 0.416 e. The van der Waals surface area contributed by atoms with Crippen LogP contribution in [0.3, 0.4) is 0 Å². The van der Waals surface area contributed by atoms with Crippen molar-refractivity contribution in [1.82, 2.24) is 9.80 Å². The van der Waals surface area contributed by atoms with Gasteiger partial charge in [0, 0.05) is 50.5 Å². The maximum atomic E-state index is 12.7. The number of fused-ring (bicyclic) bond motifs is 1. The van der Waals surface area contributed by atoms with E-state index in [4.69, 9.17) is 16.7 Å². The topological polar surface area (TPSA) is 86.9 Å². The summed E-state index contributed by atoms with van der Waals surface area (Å²) < 4.78 is 61.6. The van der Waals surface area contributed by atoms with Gasteiger partial charge in [-0.15, -0.1) is 0 Å². The summed E-state index contributed by atoms with van der Waals surface area (Å²) in [5, 5.41) is 5.18. The van der Waals surface area contributed by atoms with E-state index in [2.05, 4.69) is 9.80 Å². The third-order valence-electron chi connectivity index (χ3n) is 6.18. The Morgan fingerprint density at radius 1 is 1.00 bits per heavy atom. The van der Waals surface area contributed by atoms with Crippen molar-refractivity contribution in [1.29, 1.82) is 0 Å². The predicted octanol–water partition coefficient (Wildman–Crippen LogP) is 3.17. The summed E-state index contributed by atoms with van der Waals surface area (Å²) in [5.74, 6) is -0.247. The van der Waals surface area contributed by atoms with Crippen molar-refractivity contribution in [3.05, 3.63) is 58.1 Å². The van der Waals surface area contributed by atoms with Crippen molar-refractivity contribution in [2.24, 2.45) is 5.14 Å². The summed E-state index contributed by atoms with van der Waals surface area (Å²) >= 11 is 6.03. The molecule has 34 heavy (non-hydrogen) atoms. The maximum absolute atomic E-state index is 12.7. The van der Waals surface area contributed by atoms with E-state index < -0.39 is 21.8 Å². The predicted molar refractivity (Wildman–Crippen MR) is 122 cm³/mol. The first-order valence-electron chi connectivity index (χ1n) is 10.7. The molecule has 4 rings (SSSR count). The van der Waals surface area contributed by atoms with Crippen molar-refractivity contribution in [2.75, 3.05) is 44.2 Å². The molecular weight excluding hydrogens is 493 g/mol. The number of halogens is 4. The standard InChI is InChI=1S/C22H24ClF3N4O3S/c23-19-12-15-14-30(21(31)18(15)13-20(19)34(27,32)33)7-1-6-28-8-10-29(11-9-28)17-4-2-16(3-5-17)22(24,25)26/h2-5,12-13H,1,6-11,14H2,(H2,27,32,33). The molecule has 7 nitrogen and oxygen atoms in total. The van der Waals surface area contributed by atoms with E-state index in [1.807, 2.05) is 0 Å². The minimum atomic E-state index is -4.34. The van der Waals surface area contributed by atoms with E-state index in [0.29, 0.717) is 37.3 Å². The highest BCUT2D eigenvalue weighted by Crippen LogP contribution is 2.32. The highest BCUT2D eigenvalue weighted by molar-refractivity contribution is 7.89. The summed E-state index contributed by atoms with van der Waals surface area (Å²) in [6.07, 6.45) is -3.61. The normalized spacial score (nSPS) is 17.4. The van der Waals surface area contributed by atoms with Crippen LogP contribution in [-0.2, 0) is 22.7 Å². The Morgan fingerprint density at radius 3 is 2.24 bits per heavy atom. The summed E-state index contributed by atoms with van der Waals surface area (Å²) in [6, 6.07) is 7.94. The molecule has 2 aromatic rings. The molecule has 2 N–H and O–H groups in total. The average molecular weight is 517 g/mol. The summed E-state index contributed by atoms with van der Waals surface area (Å²) in [6.45, 7) is 4.58. The molecule has 12 heteroatoms. The molecule has 0 spiro atoms. The van der Waals surface area contributed by atoms with E-state index in [0.717, 1.165) is 43.9 Å². The summed E-state index contributed by atoms with van der Waals surface area (Å²) in [5.41, 5.74) is 1.09. The van der Waals surface area contributed by atoms with E-state index in [9.17, 15) is 26.4 Å². The number of carbonyl (C=O) groups excluding carboxylic acids is 1. The zero-order chi connectivity index (χ0) is 24.7. The number of amides is 1. The van der Waals surface area contributed by atoms with Crippen LogP contribution in [0.4, 0.5) is 18.9 Å². The van der Waals surface area contributed by atoms with Crippen LogP contribution in [0.1, 0.15) is 27.9 Å². The van der Waals surface area contributed by atoms with Gasteiger partial charge in [-0.25, -0.2) is 13.6 Å². The van der Waals surface area contributed by atoms with E-state index in [1.165, 1.54) is 24.3 Å². The van der Waals surface area contributed by atoms with Crippen LogP contribution in [0.15, 0.2) is 41.3 Å². The zero-order valence-corrected chi connectivity index (χ0v) is 19.8. The summed E-state index contributed by atoms with van der Waals surface area (Å²) in [7, 11) is -4.02. The van der Waals surface area contributed by atoms with Crippen molar-refractivity contribution in [3.8, 4) is 0 Å². The third kappa shape index (κ3) is 5.32. The van der Waals surface area contributed by atoms with Crippen LogP contribution in [0.2, 0.25) is 5.02 Å². The van der Waals surface area contributed by atoms with Gasteiger partial charge in [0.2, 0.25) is 10.0 Å². The number of anilines is 1. The molecule has 0 unspecified atom stereocenters. The molecule has 1 fully saturated rings. The molecule has 0 aromatic heterocycles. The van der Waals surface area contributed by atoms with E-state index in [-0.39, 0.29) is 15.8 Å². The van der Waals surface area contributed by atoms with Gasteiger partial charge in [0.25, 0.3) is 5.91 Å². The SMILES string of the molecule is NS(=O)(=O)c1cc2c(cc1Cl)CN(CCCN1CCN(c3ccc(C(F)(F)F)cc3)CC1)C2=O. The quantitative estimate of drug-likeness (QED) is 0.637. The molecule has 2 aliphatic heterocycles. The van der Waals surface area contributed by atoms with Crippen LogP contribution in [-0.4, -0.2) is 63.4 Å². The lowest BCUT2D eigenvalue weighted by Crippen LogP contribution is -2.47. The molecule has 0 atom stereocenters. The third-order valence-corrected chi connectivity index (χ3v) is 7.55. The van der Waals surface area contributed by atoms with E-state index in [1.54, 1.807) is 4.90 Å². The van der Waals surface area contributed by atoms with Crippen LogP contribution in [0.5, 0.6) is 0 Å². The second-order valence-electron chi connectivity index (χ2n) is 8.44. The molecule has 2 heterocycles. The first-order chi connectivity index (χ1) is 15.9. The Morgan fingerprint density at radius 2 is 1.65 bits per heavy atom. The fourth-order valence-corrected chi connectivity index (χ4v) is 5.47. The van der Waals surface area contributed by atoms with Gasteiger partial charge in [0.05, 0.1) is 10.6 Å². The van der Waals surface area contributed by atoms with Crippen LogP contribution in [0.25, 0.3) is 0 Å². The Balaban J connectivity index is 1.26. The lowest BCUT2D eigenvalue weighted by atomic mass is 10.1. The van der Waals surface area contributed by atoms with E-state index >= 15 is 0 Å². The lowest BCUT2D eigenvalue weighted by Gasteiger charge is -2.36. The van der Waals surface area contributed by atoms with Crippen molar-refractivity contribution in [2.45, 2.75) is 24.0 Å². The molecule has 0 bridgehead atoms. The number of piperazine rings is 1. The number of rotatable bonds is 6. The van der Waals surface area contributed by atoms with Crippen molar-refractivity contribution >= 4 is 33.2 Å². The first-order valence-corrected chi connectivity index (χ1v) is 12.6. The molecule has 0 radical (unpaired) electrons. The number of hydrogen-bond donors (Lipinski definition) is 1. The average Bonchev–Trinajstić information content (AvgIpc) is 3.07. The van der Waals surface area contributed by atoms with Crippen LogP contribution >= 0.6 is 11.6 Å². The van der Waals surface area contributed by atoms with Gasteiger partial charge in [-0.05, 0) is 54.9 Å². The molecule has 0 aliphatic carbocycles. The molecule has 0 saturated carbocycles. The van der Waals surface area contributed by atoms with Gasteiger partial charge in [-0.3, -0.25) is 9.69 Å². The highest BCUT2D eigenvalue weighted by Gasteiger charge is 2.31. The molecular formula is C22H24ClF3N4O3S. The number of nitrogens with zero attached hydrogens (tertiary/aromatic N) is 3. The second-order valence-corrected chi connectivity index (χ2v) is 10.4. The number of sulfonamides is 1. The molecule has 1 amide bonds. The smallest absolute Gasteiger partial charge is 0.369 e. The monoisotopic (exact) mass is 516 g/mol. The van der Waals surface area contributed by atoms with Gasteiger partial charge < -0.3 is 9.80 Å². The minimum absolute atomic E-state index is 0.00168. The number of hydrogen-bond acceptors (Lipinski definition) is 5. The number of primary sulfonamides is 1. The van der Waals surface area contributed by atoms with Gasteiger partial charge in [0.15, 0.2) is 0 Å². The van der Waals surface area contributed by atoms with Gasteiger partial charge >= 0.3 is 6.18 Å². The molecule has 184 valence electrons. The molecule has 2 aromatic carbocycles. The summed E-state index contributed by atoms with van der Waals surface area (Å²) in [4.78, 5) is 18.4. The number of carbonyl (C=O) groups is 1. The fraction of sp³-hybridized carbons (Fsp3) is 0.409. The highest BCUT2D eigenvalue weighted by atomic mass is 35.5. The Labute approximate surface area is 200 Å². The van der Waals surface area contributed by atoms with Crippen molar-refractivity contribution < 1.29 is 26.4 Å². The Kier molecular flexibility index (Phi) is 6.83. The molecule has 1 saturated heterocycles. The number of nitrogens with two attached hydrogens (primary N) is 1. The lowest BCUT2D eigenvalue weighted by molar-refractivity contribution is -0.137. The van der Waals surface area contributed by atoms with Gasteiger partial charge in [-0.2, -0.15) is 13.2 Å². The zero-order valence-electron chi connectivity index (χ0n) is 18.2. The molecule has 2 aliphatic rings. The minimum Gasteiger partial charge on any atom is -0.369 e. The largest absolute Gasteiger partial charge is 0.416 e. The van der Waals surface area contributed by atoms with Gasteiger partial charge in [0.1, 0.15) is 4.90 Å².